The number of carbonyl (C=O) groups is 2. The van der Waals surface area contributed by atoms with Crippen LogP contribution in [-0.4, -0.2) is 23.3 Å². The summed E-state index contributed by atoms with van der Waals surface area (Å²) in [5, 5.41) is 10.7. The van der Waals surface area contributed by atoms with Gasteiger partial charge in [0.05, 0.1) is 11.5 Å². The van der Waals surface area contributed by atoms with Crippen molar-refractivity contribution in [3.05, 3.63) is 69.8 Å². The molecular formula is C18H19N3O5. The van der Waals surface area contributed by atoms with Gasteiger partial charge in [0.15, 0.2) is 0 Å². The number of nitrogens with one attached hydrogen (secondary N) is 2. The van der Waals surface area contributed by atoms with Crippen LogP contribution < -0.4 is 15.6 Å². The van der Waals surface area contributed by atoms with Crippen LogP contribution in [0.1, 0.15) is 28.8 Å². The zero-order chi connectivity index (χ0) is 18.9. The highest BCUT2D eigenvalue weighted by atomic mass is 16.6. The fourth-order valence-corrected chi connectivity index (χ4v) is 2.08. The minimum atomic E-state index is -0.627. The highest BCUT2D eigenvalue weighted by molar-refractivity contribution is 5.95. The molecule has 0 radical (unpaired) electrons. The van der Waals surface area contributed by atoms with Gasteiger partial charge in [-0.25, -0.2) is 0 Å². The monoisotopic (exact) mass is 357 g/mol. The van der Waals surface area contributed by atoms with Crippen LogP contribution in [0.2, 0.25) is 0 Å². The number of nitro benzene ring substituents is 1. The van der Waals surface area contributed by atoms with Crippen LogP contribution in [0.15, 0.2) is 48.5 Å². The molecule has 0 atom stereocenters. The van der Waals surface area contributed by atoms with Crippen molar-refractivity contribution in [1.29, 1.82) is 0 Å². The zero-order valence-corrected chi connectivity index (χ0v) is 14.2. The smallest absolute Gasteiger partial charge is 0.270 e. The van der Waals surface area contributed by atoms with Crippen molar-refractivity contribution in [2.75, 3.05) is 6.61 Å². The Bertz CT molecular complexity index is 790. The molecule has 2 amide bonds. The van der Waals surface area contributed by atoms with Crippen LogP contribution in [0.25, 0.3) is 0 Å². The second kappa shape index (κ2) is 9.16. The first-order chi connectivity index (χ1) is 12.5. The Morgan fingerprint density at radius 2 is 1.85 bits per heavy atom. The molecule has 0 spiro atoms. The molecule has 8 heteroatoms. The summed E-state index contributed by atoms with van der Waals surface area (Å²) in [5.74, 6) is -0.274. The van der Waals surface area contributed by atoms with Crippen LogP contribution in [0.3, 0.4) is 0 Å². The summed E-state index contributed by atoms with van der Waals surface area (Å²) >= 11 is 0. The predicted molar refractivity (Wildman–Crippen MR) is 94.6 cm³/mol. The molecule has 136 valence electrons. The maximum Gasteiger partial charge on any atom is 0.270 e. The number of rotatable bonds is 7. The van der Waals surface area contributed by atoms with Crippen LogP contribution in [0, 0.1) is 17.0 Å². The molecule has 0 fully saturated rings. The fraction of sp³-hybridized carbons (Fsp3) is 0.222. The standard InChI is InChI=1S/C18H19N3O5/c1-13-7-9-16(10-8-13)26-11-3-6-17(22)19-20-18(23)14-4-2-5-15(12-14)21(24)25/h2,4-5,7-10,12H,3,6,11H2,1H3,(H,19,22)(H,20,23). The molecule has 0 aromatic heterocycles. The van der Waals surface area contributed by atoms with Gasteiger partial charge in [-0.1, -0.05) is 23.8 Å². The summed E-state index contributed by atoms with van der Waals surface area (Å²) < 4.78 is 5.51. The normalized spacial score (nSPS) is 10.0. The van der Waals surface area contributed by atoms with E-state index in [9.17, 15) is 19.7 Å². The number of non-ortho nitro benzene ring substituents is 1. The van der Waals surface area contributed by atoms with Gasteiger partial charge in [-0.05, 0) is 31.5 Å². The van der Waals surface area contributed by atoms with E-state index in [1.165, 1.54) is 18.2 Å². The molecule has 26 heavy (non-hydrogen) atoms. The molecule has 0 aliphatic heterocycles. The third-order valence-corrected chi connectivity index (χ3v) is 3.47. The van der Waals surface area contributed by atoms with Gasteiger partial charge in [-0.3, -0.25) is 30.6 Å². The Morgan fingerprint density at radius 3 is 2.54 bits per heavy atom. The van der Waals surface area contributed by atoms with Crippen LogP contribution >= 0.6 is 0 Å². The molecule has 0 bridgehead atoms. The molecule has 2 aromatic rings. The Morgan fingerprint density at radius 1 is 1.12 bits per heavy atom. The predicted octanol–water partition coefficient (Wildman–Crippen LogP) is 2.52. The molecule has 0 saturated carbocycles. The number of hydrazine groups is 1. The minimum Gasteiger partial charge on any atom is -0.494 e. The average molecular weight is 357 g/mol. The SMILES string of the molecule is Cc1ccc(OCCCC(=O)NNC(=O)c2cccc([N+](=O)[O-])c2)cc1. The number of nitrogens with zero attached hydrogens (tertiary/aromatic N) is 1. The van der Waals surface area contributed by atoms with Crippen LogP contribution in [0.4, 0.5) is 5.69 Å². The van der Waals surface area contributed by atoms with Gasteiger partial charge < -0.3 is 4.74 Å². The van der Waals surface area contributed by atoms with Crippen molar-refractivity contribution >= 4 is 17.5 Å². The van der Waals surface area contributed by atoms with Crippen molar-refractivity contribution in [2.45, 2.75) is 19.8 Å². The number of hydrogen-bond acceptors (Lipinski definition) is 5. The number of carbonyl (C=O) groups excluding carboxylic acids is 2. The number of benzene rings is 2. The molecule has 2 aromatic carbocycles. The first-order valence-electron chi connectivity index (χ1n) is 7.99. The lowest BCUT2D eigenvalue weighted by molar-refractivity contribution is -0.384. The molecule has 0 aliphatic carbocycles. The summed E-state index contributed by atoms with van der Waals surface area (Å²) in [6.07, 6.45) is 0.646. The highest BCUT2D eigenvalue weighted by Crippen LogP contribution is 2.13. The van der Waals surface area contributed by atoms with Crippen LogP contribution in [-0.2, 0) is 4.79 Å². The van der Waals surface area contributed by atoms with E-state index in [1.54, 1.807) is 0 Å². The largest absolute Gasteiger partial charge is 0.494 e. The lowest BCUT2D eigenvalue weighted by Crippen LogP contribution is -2.41. The zero-order valence-electron chi connectivity index (χ0n) is 14.2. The summed E-state index contributed by atoms with van der Waals surface area (Å²) in [6, 6.07) is 12.8. The van der Waals surface area contributed by atoms with Gasteiger partial charge in [-0.2, -0.15) is 0 Å². The van der Waals surface area contributed by atoms with Crippen molar-refractivity contribution in [3.8, 4) is 5.75 Å². The lowest BCUT2D eigenvalue weighted by Gasteiger charge is -2.08. The minimum absolute atomic E-state index is 0.0854. The van der Waals surface area contributed by atoms with Crippen molar-refractivity contribution < 1.29 is 19.2 Å². The third-order valence-electron chi connectivity index (χ3n) is 3.47. The van der Waals surface area contributed by atoms with E-state index in [-0.39, 0.29) is 23.6 Å². The molecule has 8 nitrogen and oxygen atoms in total. The lowest BCUT2D eigenvalue weighted by atomic mass is 10.2. The maximum atomic E-state index is 11.9. The summed E-state index contributed by atoms with van der Waals surface area (Å²) in [4.78, 5) is 33.7. The van der Waals surface area contributed by atoms with Gasteiger partial charge >= 0.3 is 0 Å². The molecular weight excluding hydrogens is 338 g/mol. The van der Waals surface area contributed by atoms with E-state index in [2.05, 4.69) is 10.9 Å². The second-order valence-corrected chi connectivity index (χ2v) is 5.57. The summed E-state index contributed by atoms with van der Waals surface area (Å²) in [6.45, 7) is 2.35. The Labute approximate surface area is 150 Å². The fourth-order valence-electron chi connectivity index (χ4n) is 2.08. The molecule has 0 saturated heterocycles. The molecule has 2 rings (SSSR count). The van der Waals surface area contributed by atoms with Gasteiger partial charge in [0, 0.05) is 24.1 Å². The molecule has 0 unspecified atom stereocenters. The maximum absolute atomic E-state index is 11.9. The summed E-state index contributed by atoms with van der Waals surface area (Å²) in [7, 11) is 0. The molecule has 0 heterocycles. The van der Waals surface area contributed by atoms with E-state index in [0.717, 1.165) is 17.4 Å². The Balaban J connectivity index is 1.69. The topological polar surface area (TPSA) is 111 Å². The van der Waals surface area contributed by atoms with E-state index >= 15 is 0 Å². The number of amides is 2. The van der Waals surface area contributed by atoms with E-state index in [1.807, 2.05) is 31.2 Å². The van der Waals surface area contributed by atoms with Crippen molar-refractivity contribution in [1.82, 2.24) is 10.9 Å². The van der Waals surface area contributed by atoms with Gasteiger partial charge in [0.2, 0.25) is 5.91 Å². The Kier molecular flexibility index (Phi) is 6.67. The molecule has 2 N–H and O–H groups in total. The second-order valence-electron chi connectivity index (χ2n) is 5.57. The third kappa shape index (κ3) is 5.90. The number of ether oxygens (including phenoxy) is 1. The Hall–Kier alpha value is -3.42. The number of aryl methyl sites for hydroxylation is 1. The van der Waals surface area contributed by atoms with E-state index in [0.29, 0.717) is 13.0 Å². The summed E-state index contributed by atoms with van der Waals surface area (Å²) in [5.41, 5.74) is 5.52. The number of hydrogen-bond donors (Lipinski definition) is 2. The van der Waals surface area contributed by atoms with Crippen molar-refractivity contribution in [3.63, 3.8) is 0 Å². The van der Waals surface area contributed by atoms with E-state index < -0.39 is 10.8 Å². The van der Waals surface area contributed by atoms with Crippen LogP contribution in [0.5, 0.6) is 5.75 Å². The first kappa shape index (κ1) is 18.9. The van der Waals surface area contributed by atoms with E-state index in [4.69, 9.17) is 4.74 Å². The average Bonchev–Trinajstić information content (AvgIpc) is 2.64. The van der Waals surface area contributed by atoms with Gasteiger partial charge in [0.25, 0.3) is 11.6 Å². The number of nitro groups is 1. The molecule has 0 aliphatic rings. The highest BCUT2D eigenvalue weighted by Gasteiger charge is 2.12. The van der Waals surface area contributed by atoms with Gasteiger partial charge in [0.1, 0.15) is 5.75 Å². The van der Waals surface area contributed by atoms with Gasteiger partial charge in [-0.15, -0.1) is 0 Å². The first-order valence-corrected chi connectivity index (χ1v) is 7.99. The quantitative estimate of drug-likeness (QED) is 0.449. The van der Waals surface area contributed by atoms with Crippen molar-refractivity contribution in [2.24, 2.45) is 0 Å².